The third-order valence-electron chi connectivity index (χ3n) is 10.2. The molecule has 1 amide bonds. The van der Waals surface area contributed by atoms with Crippen molar-refractivity contribution in [3.63, 3.8) is 0 Å². The molecule has 4 aliphatic heterocycles. The minimum Gasteiger partial charge on any atom is -0.648 e. The molecule has 4 aromatic carbocycles. The van der Waals surface area contributed by atoms with Gasteiger partial charge in [-0.3, -0.25) is 0 Å². The van der Waals surface area contributed by atoms with Crippen molar-refractivity contribution in [2.24, 2.45) is 15.0 Å². The van der Waals surface area contributed by atoms with Gasteiger partial charge in [-0.1, -0.05) is 22.1 Å². The Labute approximate surface area is 354 Å². The second kappa shape index (κ2) is 12.3. The van der Waals surface area contributed by atoms with Crippen LogP contribution in [0, 0.1) is 10.7 Å². The first-order valence-electron chi connectivity index (χ1n) is 17.5. The molecule has 1 N–H and O–H groups in total. The van der Waals surface area contributed by atoms with Crippen LogP contribution in [-0.2, 0) is 20.7 Å². The normalized spacial score (nSPS) is 17.5. The van der Waals surface area contributed by atoms with Gasteiger partial charge in [0.25, 0.3) is 0 Å². The summed E-state index contributed by atoms with van der Waals surface area (Å²) in [5, 5.41) is 6.60. The van der Waals surface area contributed by atoms with Crippen LogP contribution in [0.15, 0.2) is 93.8 Å². The number of methoxy groups -OCH3 is 1. The lowest BCUT2D eigenvalue weighted by Crippen LogP contribution is -2.75. The summed E-state index contributed by atoms with van der Waals surface area (Å²) in [7, 11) is 1.30. The van der Waals surface area contributed by atoms with Crippen LogP contribution in [0.25, 0.3) is 21.5 Å². The number of nitrogens with zero attached hydrogens (tertiary/aromatic N) is 6. The Morgan fingerprint density at radius 2 is 1.44 bits per heavy atom. The quantitative estimate of drug-likeness (QED) is 0.113. The van der Waals surface area contributed by atoms with Gasteiger partial charge in [-0.2, -0.15) is 0 Å². The highest BCUT2D eigenvalue weighted by molar-refractivity contribution is 14.1. The van der Waals surface area contributed by atoms with Gasteiger partial charge in [0.05, 0.1) is 24.0 Å². The molecule has 0 fully saturated rings. The number of benzene rings is 4. The molecule has 6 aromatic rings. The highest BCUT2D eigenvalue weighted by Gasteiger charge is 2.59. The molecule has 55 heavy (non-hydrogen) atoms. The molecule has 2 aromatic heterocycles. The van der Waals surface area contributed by atoms with Crippen LogP contribution in [0.3, 0.4) is 0 Å². The van der Waals surface area contributed by atoms with Gasteiger partial charge in [0.2, 0.25) is 11.7 Å². The average molecular weight is 1070 g/mol. The van der Waals surface area contributed by atoms with Crippen molar-refractivity contribution in [3.8, 4) is 5.75 Å². The Kier molecular flexibility index (Phi) is 7.89. The Morgan fingerprint density at radius 1 is 0.782 bits per heavy atom. The lowest BCUT2D eigenvalue weighted by atomic mass is 9.75. The molecule has 12 nitrogen and oxygen atoms in total. The van der Waals surface area contributed by atoms with Crippen LogP contribution >= 0.6 is 67.8 Å². The van der Waals surface area contributed by atoms with Crippen LogP contribution in [0.1, 0.15) is 37.5 Å². The van der Waals surface area contributed by atoms with Crippen molar-refractivity contribution >= 4 is 131 Å². The molecule has 0 aliphatic carbocycles. The highest BCUT2D eigenvalue weighted by Crippen LogP contribution is 2.47. The molecule has 0 saturated carbocycles. The third-order valence-corrected chi connectivity index (χ3v) is 12.3. The number of esters is 1. The van der Waals surface area contributed by atoms with Crippen LogP contribution < -0.4 is 20.9 Å². The number of rotatable bonds is 6. The number of ether oxygens (including phenoxy) is 2. The molecule has 6 heterocycles. The summed E-state index contributed by atoms with van der Waals surface area (Å²) < 4.78 is 27.8. The number of hydrogen-bond acceptors (Lipinski definition) is 8. The Hall–Kier alpha value is -4.31. The fourth-order valence-electron chi connectivity index (χ4n) is 8.12. The van der Waals surface area contributed by atoms with E-state index in [2.05, 4.69) is 141 Å². The molecule has 0 radical (unpaired) electrons. The molecule has 10 rings (SSSR count). The topological polar surface area (TPSA) is 124 Å². The fraction of sp³-hybridized carbons (Fsp3) is 0.179. The predicted octanol–water partition coefficient (Wildman–Crippen LogP) is 6.69. The number of amides is 1. The zero-order valence-corrected chi connectivity index (χ0v) is 36.2. The highest BCUT2D eigenvalue weighted by atomic mass is 127. The standard InChI is InChI=1S/C39H29BI3N7O5/c1-39(2,3)54-38(52)44-30(37(51)53-4)15-19-5-10-23(11-6-19)55-40-48-31-24-12-7-20(41)16-27(24)34(48)46-33-26-14-9-22(43)18-29(26)36(50(33)40)47-35-28-17-21(42)8-13-25(28)32(45-31)49(35)40/h5-14,16-18,30H,15H2,1-4H3,(H,44,52)/t30-,40+/m0/s1. The smallest absolute Gasteiger partial charge is 0.568 e. The molecule has 0 spiro atoms. The second-order valence-corrected chi connectivity index (χ2v) is 18.5. The van der Waals surface area contributed by atoms with E-state index in [9.17, 15) is 9.59 Å². The zero-order valence-electron chi connectivity index (χ0n) is 29.7. The van der Waals surface area contributed by atoms with Crippen molar-refractivity contribution in [1.82, 2.24) is 14.3 Å². The molecule has 0 bridgehead atoms. The number of hydrogen-bond donors (Lipinski definition) is 1. The summed E-state index contributed by atoms with van der Waals surface area (Å²) in [5.74, 6) is 3.07. The first-order chi connectivity index (χ1) is 26.3. The number of aromatic nitrogens is 2. The molecule has 0 saturated heterocycles. The average Bonchev–Trinajstić information content (AvgIpc) is 3.75. The van der Waals surface area contributed by atoms with Crippen LogP contribution in [0.2, 0.25) is 0 Å². The van der Waals surface area contributed by atoms with Crippen LogP contribution in [0.5, 0.6) is 5.75 Å². The molecule has 4 aliphatic rings. The van der Waals surface area contributed by atoms with E-state index in [-0.39, 0.29) is 6.42 Å². The minimum atomic E-state index is -2.42. The number of carbonyl (C=O) groups excluding carboxylic acids is 2. The predicted molar refractivity (Wildman–Crippen MR) is 234 cm³/mol. The summed E-state index contributed by atoms with van der Waals surface area (Å²) >= 11 is 7.04. The summed E-state index contributed by atoms with van der Waals surface area (Å²) in [4.78, 5) is 41.7. The van der Waals surface area contributed by atoms with E-state index in [1.54, 1.807) is 20.8 Å². The van der Waals surface area contributed by atoms with Gasteiger partial charge < -0.3 is 32.9 Å². The molecule has 16 heteroatoms. The summed E-state index contributed by atoms with van der Waals surface area (Å²) in [6.07, 6.45) is -0.517. The Balaban J connectivity index is 1.18. The fourth-order valence-corrected chi connectivity index (χ4v) is 9.60. The number of nitrogens with one attached hydrogen (secondary N) is 1. The van der Waals surface area contributed by atoms with Crippen molar-refractivity contribution in [2.75, 3.05) is 7.11 Å². The van der Waals surface area contributed by atoms with Gasteiger partial charge in [-0.15, -0.1) is 0 Å². The number of halogens is 3. The van der Waals surface area contributed by atoms with E-state index in [0.717, 1.165) is 83.2 Å². The molecular weight excluding hydrogens is 1040 g/mol. The van der Waals surface area contributed by atoms with Gasteiger partial charge in [0.15, 0.2) is 11.3 Å². The number of carbonyl (C=O) groups is 2. The van der Waals surface area contributed by atoms with Crippen molar-refractivity contribution < 1.29 is 28.2 Å². The zero-order chi connectivity index (χ0) is 38.1. The molecule has 0 unspecified atom stereocenters. The lowest BCUT2D eigenvalue weighted by Gasteiger charge is -2.47. The third kappa shape index (κ3) is 5.25. The number of alkyl carbamates (subject to hydrolysis) is 1. The van der Waals surface area contributed by atoms with Gasteiger partial charge in [-0.05, 0) is 161 Å². The maximum absolute atomic E-state index is 12.8. The van der Waals surface area contributed by atoms with Gasteiger partial charge in [-0.25, -0.2) is 14.6 Å². The van der Waals surface area contributed by atoms with E-state index in [4.69, 9.17) is 29.1 Å². The van der Waals surface area contributed by atoms with Crippen molar-refractivity contribution in [2.45, 2.75) is 38.8 Å². The maximum atomic E-state index is 12.8. The van der Waals surface area contributed by atoms with Crippen molar-refractivity contribution in [3.05, 3.63) is 117 Å². The van der Waals surface area contributed by atoms with E-state index in [0.29, 0.717) is 5.75 Å². The largest absolute Gasteiger partial charge is 0.648 e. The molecule has 274 valence electrons. The number of amidine groups is 2. The molecule has 2 atom stereocenters. The van der Waals surface area contributed by atoms with E-state index in [1.807, 2.05) is 24.3 Å². The van der Waals surface area contributed by atoms with E-state index < -0.39 is 30.5 Å². The summed E-state index contributed by atoms with van der Waals surface area (Å²) in [6, 6.07) is 25.7. The maximum Gasteiger partial charge on any atom is 0.568 e. The second-order valence-electron chi connectivity index (χ2n) is 14.8. The summed E-state index contributed by atoms with van der Waals surface area (Å²) in [5.41, 5.74) is 3.55. The number of aliphatic imine (C=N–C) groups is 1. The first kappa shape index (κ1) is 35.1. The Bertz CT molecular complexity index is 2950. The monoisotopic (exact) mass is 1070 g/mol. The van der Waals surface area contributed by atoms with Crippen molar-refractivity contribution in [1.29, 1.82) is 0 Å². The van der Waals surface area contributed by atoms with Gasteiger partial charge in [0.1, 0.15) is 22.9 Å². The van der Waals surface area contributed by atoms with Gasteiger partial charge >= 0.3 is 18.8 Å². The van der Waals surface area contributed by atoms with Gasteiger partial charge in [0, 0.05) is 38.7 Å². The van der Waals surface area contributed by atoms with Crippen LogP contribution in [-0.4, -0.2) is 62.7 Å². The van der Waals surface area contributed by atoms with E-state index >= 15 is 0 Å². The minimum absolute atomic E-state index is 0.181. The van der Waals surface area contributed by atoms with Crippen LogP contribution in [0.4, 0.5) is 16.4 Å². The summed E-state index contributed by atoms with van der Waals surface area (Å²) in [6.45, 7) is 2.88. The SMILES string of the molecule is COC(=O)[C@H](Cc1ccc(O[B@@-]23n4c5c6cc(I)ccc6c4N=c4c6ccc(I)cc6c(n42)=NC2=[N+]3C(=N5)c3cc(I)ccc32)cc1)NC(=O)OC(C)(C)C. The lowest BCUT2D eigenvalue weighted by molar-refractivity contribution is -0.291. The first-order valence-corrected chi connectivity index (χ1v) is 20.8. The van der Waals surface area contributed by atoms with E-state index in [1.165, 1.54) is 7.11 Å². The number of fused-ring (bicyclic) bond motifs is 9. The molecular formula is C39H29BI3N7O5. The Morgan fingerprint density at radius 3 is 2.16 bits per heavy atom.